The molecule has 0 saturated carbocycles. The van der Waals surface area contributed by atoms with E-state index in [9.17, 15) is 4.79 Å². The van der Waals surface area contributed by atoms with Gasteiger partial charge in [-0.3, -0.25) is 0 Å². The van der Waals surface area contributed by atoms with Crippen molar-refractivity contribution in [1.29, 1.82) is 0 Å². The van der Waals surface area contributed by atoms with Gasteiger partial charge >= 0.3 is 5.97 Å². The standard InChI is InChI=1S/C19H22O7/c1-21-12-25-16-9-15(19(20)23-3)10-17(26-13-22-2)18(16)24-11-14-7-5-4-6-8-14/h4-10H,11-13H2,1-3H3. The number of carbonyl (C=O) groups excluding carboxylic acids is 1. The Balaban J connectivity index is 2.36. The fourth-order valence-corrected chi connectivity index (χ4v) is 2.14. The highest BCUT2D eigenvalue weighted by molar-refractivity contribution is 5.91. The molecule has 7 nitrogen and oxygen atoms in total. The van der Waals surface area contributed by atoms with Crippen LogP contribution in [0, 0.1) is 0 Å². The zero-order chi connectivity index (χ0) is 18.8. The molecule has 0 aliphatic carbocycles. The van der Waals surface area contributed by atoms with E-state index in [4.69, 9.17) is 28.4 Å². The monoisotopic (exact) mass is 362 g/mol. The third-order valence-corrected chi connectivity index (χ3v) is 3.33. The third kappa shape index (κ3) is 5.37. The quantitative estimate of drug-likeness (QED) is 0.475. The molecule has 26 heavy (non-hydrogen) atoms. The van der Waals surface area contributed by atoms with Crippen molar-refractivity contribution in [2.24, 2.45) is 0 Å². The van der Waals surface area contributed by atoms with Crippen LogP contribution in [0.5, 0.6) is 17.2 Å². The van der Waals surface area contributed by atoms with Gasteiger partial charge in [-0.25, -0.2) is 4.79 Å². The average Bonchev–Trinajstić information content (AvgIpc) is 2.69. The average molecular weight is 362 g/mol. The second kappa shape index (κ2) is 10.3. The van der Waals surface area contributed by atoms with Gasteiger partial charge in [-0.1, -0.05) is 30.3 Å². The molecule has 0 fully saturated rings. The molecule has 0 amide bonds. The molecule has 2 aromatic rings. The third-order valence-electron chi connectivity index (χ3n) is 3.33. The molecule has 0 saturated heterocycles. The van der Waals surface area contributed by atoms with Crippen molar-refractivity contribution >= 4 is 5.97 Å². The first kappa shape index (κ1) is 19.6. The Labute approximate surface area is 152 Å². The largest absolute Gasteiger partial charge is 0.482 e. The predicted molar refractivity (Wildman–Crippen MR) is 93.6 cm³/mol. The van der Waals surface area contributed by atoms with E-state index in [2.05, 4.69) is 0 Å². The highest BCUT2D eigenvalue weighted by atomic mass is 16.7. The summed E-state index contributed by atoms with van der Waals surface area (Å²) in [6.45, 7) is 0.261. The maximum atomic E-state index is 11.9. The van der Waals surface area contributed by atoms with Crippen LogP contribution < -0.4 is 14.2 Å². The summed E-state index contributed by atoms with van der Waals surface area (Å²) in [5.41, 5.74) is 1.23. The Hall–Kier alpha value is -2.77. The van der Waals surface area contributed by atoms with E-state index in [1.165, 1.54) is 33.5 Å². The zero-order valence-electron chi connectivity index (χ0n) is 15.0. The van der Waals surface area contributed by atoms with Gasteiger partial charge in [0.15, 0.2) is 25.1 Å². The second-order valence-electron chi connectivity index (χ2n) is 5.17. The molecule has 2 rings (SSSR count). The summed E-state index contributed by atoms with van der Waals surface area (Å²) in [4.78, 5) is 11.9. The van der Waals surface area contributed by atoms with Crippen LogP contribution in [0.1, 0.15) is 15.9 Å². The van der Waals surface area contributed by atoms with Gasteiger partial charge in [-0.15, -0.1) is 0 Å². The highest BCUT2D eigenvalue weighted by Crippen LogP contribution is 2.39. The summed E-state index contributed by atoms with van der Waals surface area (Å²) in [7, 11) is 4.29. The summed E-state index contributed by atoms with van der Waals surface area (Å²) < 4.78 is 31.7. The molecule has 0 N–H and O–H groups in total. The van der Waals surface area contributed by atoms with E-state index < -0.39 is 5.97 Å². The molecule has 0 heterocycles. The van der Waals surface area contributed by atoms with Gasteiger partial charge in [0, 0.05) is 14.2 Å². The van der Waals surface area contributed by atoms with Crippen LogP contribution in [0.15, 0.2) is 42.5 Å². The first-order valence-electron chi connectivity index (χ1n) is 7.86. The van der Waals surface area contributed by atoms with Crippen molar-refractivity contribution in [3.8, 4) is 17.2 Å². The lowest BCUT2D eigenvalue weighted by molar-refractivity contribution is 0.0400. The van der Waals surface area contributed by atoms with Crippen LogP contribution in [0.2, 0.25) is 0 Å². The lowest BCUT2D eigenvalue weighted by Crippen LogP contribution is -2.09. The summed E-state index contributed by atoms with van der Waals surface area (Å²) in [5.74, 6) is 0.424. The molecule has 0 aliphatic rings. The summed E-state index contributed by atoms with van der Waals surface area (Å²) in [6, 6.07) is 12.7. The Morgan fingerprint density at radius 1 is 0.846 bits per heavy atom. The van der Waals surface area contributed by atoms with Gasteiger partial charge in [0.1, 0.15) is 6.61 Å². The molecular weight excluding hydrogens is 340 g/mol. The molecule has 140 valence electrons. The van der Waals surface area contributed by atoms with Crippen LogP contribution in [-0.4, -0.2) is 40.9 Å². The molecular formula is C19H22O7. The number of benzene rings is 2. The van der Waals surface area contributed by atoms with Crippen molar-refractivity contribution < 1.29 is 33.2 Å². The maximum absolute atomic E-state index is 11.9. The van der Waals surface area contributed by atoms with E-state index in [0.717, 1.165) is 5.56 Å². The SMILES string of the molecule is COCOc1cc(C(=O)OC)cc(OCOC)c1OCc1ccccc1. The molecule has 0 radical (unpaired) electrons. The minimum atomic E-state index is -0.524. The van der Waals surface area contributed by atoms with Gasteiger partial charge in [-0.2, -0.15) is 0 Å². The Bertz CT molecular complexity index is 671. The van der Waals surface area contributed by atoms with Crippen molar-refractivity contribution in [2.75, 3.05) is 34.9 Å². The second-order valence-corrected chi connectivity index (χ2v) is 5.17. The van der Waals surface area contributed by atoms with Gasteiger partial charge in [0.05, 0.1) is 12.7 Å². The van der Waals surface area contributed by atoms with Gasteiger partial charge in [0.2, 0.25) is 5.75 Å². The van der Waals surface area contributed by atoms with Crippen LogP contribution in [-0.2, 0) is 20.8 Å². The zero-order valence-corrected chi connectivity index (χ0v) is 15.0. The number of hydrogen-bond acceptors (Lipinski definition) is 7. The Morgan fingerprint density at radius 3 is 1.92 bits per heavy atom. The molecule has 0 unspecified atom stereocenters. The van der Waals surface area contributed by atoms with Crippen LogP contribution in [0.25, 0.3) is 0 Å². The molecule has 0 atom stereocenters. The molecule has 0 bridgehead atoms. The first-order chi connectivity index (χ1) is 12.7. The predicted octanol–water partition coefficient (Wildman–Crippen LogP) is 3.02. The van der Waals surface area contributed by atoms with Crippen molar-refractivity contribution in [3.63, 3.8) is 0 Å². The fraction of sp³-hybridized carbons (Fsp3) is 0.316. The molecule has 0 spiro atoms. The van der Waals surface area contributed by atoms with E-state index in [1.54, 1.807) is 0 Å². The van der Waals surface area contributed by atoms with E-state index in [-0.39, 0.29) is 19.1 Å². The smallest absolute Gasteiger partial charge is 0.338 e. The van der Waals surface area contributed by atoms with E-state index >= 15 is 0 Å². The molecule has 7 heteroatoms. The summed E-state index contributed by atoms with van der Waals surface area (Å²) in [6.07, 6.45) is 0. The number of methoxy groups -OCH3 is 3. The van der Waals surface area contributed by atoms with E-state index in [0.29, 0.717) is 23.9 Å². The van der Waals surface area contributed by atoms with Crippen molar-refractivity contribution in [3.05, 3.63) is 53.6 Å². The van der Waals surface area contributed by atoms with Crippen molar-refractivity contribution in [2.45, 2.75) is 6.61 Å². The molecule has 0 aliphatic heterocycles. The minimum absolute atomic E-state index is 0.0178. The summed E-state index contributed by atoms with van der Waals surface area (Å²) >= 11 is 0. The van der Waals surface area contributed by atoms with Crippen LogP contribution in [0.3, 0.4) is 0 Å². The van der Waals surface area contributed by atoms with Crippen LogP contribution >= 0.6 is 0 Å². The number of hydrogen-bond donors (Lipinski definition) is 0. The minimum Gasteiger partial charge on any atom is -0.482 e. The number of carbonyl (C=O) groups is 1. The number of esters is 1. The fourth-order valence-electron chi connectivity index (χ4n) is 2.14. The highest BCUT2D eigenvalue weighted by Gasteiger charge is 2.19. The Morgan fingerprint density at radius 2 is 1.42 bits per heavy atom. The molecule has 0 aromatic heterocycles. The number of ether oxygens (including phenoxy) is 6. The van der Waals surface area contributed by atoms with Crippen molar-refractivity contribution in [1.82, 2.24) is 0 Å². The number of rotatable bonds is 10. The van der Waals surface area contributed by atoms with E-state index in [1.807, 2.05) is 30.3 Å². The topological polar surface area (TPSA) is 72.5 Å². The molecule has 2 aromatic carbocycles. The van der Waals surface area contributed by atoms with Gasteiger partial charge in [0.25, 0.3) is 0 Å². The van der Waals surface area contributed by atoms with Gasteiger partial charge in [-0.05, 0) is 17.7 Å². The Kier molecular flexibility index (Phi) is 7.73. The lowest BCUT2D eigenvalue weighted by Gasteiger charge is -2.17. The van der Waals surface area contributed by atoms with Gasteiger partial charge < -0.3 is 28.4 Å². The maximum Gasteiger partial charge on any atom is 0.338 e. The summed E-state index contributed by atoms with van der Waals surface area (Å²) in [5, 5.41) is 0. The van der Waals surface area contributed by atoms with Crippen LogP contribution in [0.4, 0.5) is 0 Å². The first-order valence-corrected chi connectivity index (χ1v) is 7.86. The lowest BCUT2D eigenvalue weighted by atomic mass is 10.1. The normalized spacial score (nSPS) is 10.3.